The summed E-state index contributed by atoms with van der Waals surface area (Å²) in [7, 11) is 0. The van der Waals surface area contributed by atoms with Crippen LogP contribution >= 0.6 is 0 Å². The molecule has 1 saturated heterocycles. The normalized spacial score (nSPS) is 25.7. The molecule has 0 bridgehead atoms. The molecule has 2 aromatic rings. The second-order valence-corrected chi connectivity index (χ2v) is 6.73. The van der Waals surface area contributed by atoms with Crippen LogP contribution in [-0.2, 0) is 12.1 Å². The predicted octanol–water partition coefficient (Wildman–Crippen LogP) is 2.99. The summed E-state index contributed by atoms with van der Waals surface area (Å²) in [6.45, 7) is 2.86. The predicted molar refractivity (Wildman–Crippen MR) is 88.1 cm³/mol. The van der Waals surface area contributed by atoms with Crippen LogP contribution in [0.4, 0.5) is 4.79 Å². The number of benzene rings is 1. The minimum atomic E-state index is -0.142. The van der Waals surface area contributed by atoms with Gasteiger partial charge in [0.2, 0.25) is 5.89 Å². The second-order valence-electron chi connectivity index (χ2n) is 6.73. The van der Waals surface area contributed by atoms with Crippen LogP contribution in [0.3, 0.4) is 0 Å². The lowest BCUT2D eigenvalue weighted by Crippen LogP contribution is -2.69. The van der Waals surface area contributed by atoms with Crippen LogP contribution in [0.5, 0.6) is 0 Å². The Labute approximate surface area is 141 Å². The summed E-state index contributed by atoms with van der Waals surface area (Å²) in [4.78, 5) is 18.9. The number of amides is 2. The summed E-state index contributed by atoms with van der Waals surface area (Å²) in [5.41, 5.74) is 1.11. The third kappa shape index (κ3) is 2.37. The molecule has 1 saturated carbocycles. The number of hydrogen-bond donors (Lipinski definition) is 1. The van der Waals surface area contributed by atoms with Crippen LogP contribution < -0.4 is 5.32 Å². The smallest absolute Gasteiger partial charge is 0.318 e. The van der Waals surface area contributed by atoms with Gasteiger partial charge < -0.3 is 14.7 Å². The van der Waals surface area contributed by atoms with E-state index in [1.807, 2.05) is 11.0 Å². The first-order valence-corrected chi connectivity index (χ1v) is 8.60. The maximum Gasteiger partial charge on any atom is 0.318 e. The Morgan fingerprint density at radius 1 is 1.38 bits per heavy atom. The average molecular weight is 326 g/mol. The van der Waals surface area contributed by atoms with Gasteiger partial charge >= 0.3 is 6.03 Å². The lowest BCUT2D eigenvalue weighted by molar-refractivity contribution is -0.0794. The minimum Gasteiger partial charge on any atom is -0.340 e. The number of nitrogens with one attached hydrogen (secondary N) is 1. The monoisotopic (exact) mass is 326 g/mol. The summed E-state index contributed by atoms with van der Waals surface area (Å²) < 4.78 is 4.95. The lowest BCUT2D eigenvalue weighted by Gasteiger charge is -2.61. The Balaban J connectivity index is 1.52. The van der Waals surface area contributed by atoms with Gasteiger partial charge in [-0.15, -0.1) is 0 Å². The molecule has 126 valence electrons. The number of hydrogen-bond acceptors (Lipinski definition) is 4. The number of nitrogens with zero attached hydrogens (tertiary/aromatic N) is 3. The van der Waals surface area contributed by atoms with Crippen LogP contribution in [0, 0.1) is 12.8 Å². The topological polar surface area (TPSA) is 71.3 Å². The molecule has 2 aliphatic rings. The summed E-state index contributed by atoms with van der Waals surface area (Å²) in [6.07, 6.45) is 4.66. The van der Waals surface area contributed by atoms with Crippen molar-refractivity contribution in [2.45, 2.75) is 44.7 Å². The number of carbonyl (C=O) groups excluding carboxylic acids is 1. The molecule has 2 heterocycles. The van der Waals surface area contributed by atoms with Crippen molar-refractivity contribution in [3.05, 3.63) is 47.6 Å². The number of aryl methyl sites for hydroxylation is 1. The molecule has 2 fully saturated rings. The largest absolute Gasteiger partial charge is 0.340 e. The maximum absolute atomic E-state index is 12.8. The number of urea groups is 1. The molecule has 2 atom stereocenters. The number of aromatic nitrogens is 2. The zero-order valence-electron chi connectivity index (χ0n) is 13.9. The molecule has 1 aromatic carbocycles. The van der Waals surface area contributed by atoms with Gasteiger partial charge in [0.1, 0.15) is 0 Å². The van der Waals surface area contributed by atoms with Gasteiger partial charge in [-0.2, -0.15) is 4.98 Å². The number of rotatable bonds is 3. The molecule has 1 aliphatic heterocycles. The Morgan fingerprint density at radius 2 is 2.21 bits per heavy atom. The van der Waals surface area contributed by atoms with Crippen LogP contribution in [0.15, 0.2) is 34.9 Å². The fourth-order valence-corrected chi connectivity index (χ4v) is 4.29. The summed E-state index contributed by atoms with van der Waals surface area (Å²) in [6, 6.07) is 10.4. The average Bonchev–Trinajstić information content (AvgIpc) is 3.00. The van der Waals surface area contributed by atoms with Gasteiger partial charge in [0, 0.05) is 19.4 Å². The zero-order chi connectivity index (χ0) is 16.6. The van der Waals surface area contributed by atoms with Crippen LogP contribution in [-0.4, -0.2) is 27.6 Å². The van der Waals surface area contributed by atoms with Crippen molar-refractivity contribution in [2.75, 3.05) is 6.54 Å². The highest BCUT2D eigenvalue weighted by molar-refractivity contribution is 5.76. The zero-order valence-corrected chi connectivity index (χ0v) is 13.9. The fourth-order valence-electron chi connectivity index (χ4n) is 4.29. The molecule has 0 unspecified atom stereocenters. The first kappa shape index (κ1) is 15.2. The van der Waals surface area contributed by atoms with E-state index in [4.69, 9.17) is 4.52 Å². The van der Waals surface area contributed by atoms with Gasteiger partial charge in [-0.25, -0.2) is 4.79 Å². The van der Waals surface area contributed by atoms with E-state index >= 15 is 0 Å². The van der Waals surface area contributed by atoms with Crippen LogP contribution in [0.2, 0.25) is 0 Å². The molecule has 6 nitrogen and oxygen atoms in total. The number of fused-ring (bicyclic) bond motifs is 1. The quantitative estimate of drug-likeness (QED) is 0.941. The Bertz CT molecular complexity index is 730. The number of likely N-dealkylation sites (tertiary alicyclic amines) is 1. The molecule has 2 amide bonds. The van der Waals surface area contributed by atoms with Crippen molar-refractivity contribution in [3.63, 3.8) is 0 Å². The van der Waals surface area contributed by atoms with Crippen molar-refractivity contribution < 1.29 is 9.32 Å². The summed E-state index contributed by atoms with van der Waals surface area (Å²) in [5, 5.41) is 6.77. The molecular formula is C18H22N4O2. The fraction of sp³-hybridized carbons (Fsp3) is 0.500. The molecule has 4 rings (SSSR count). The summed E-state index contributed by atoms with van der Waals surface area (Å²) in [5.74, 6) is 1.58. The molecule has 1 aliphatic carbocycles. The van der Waals surface area contributed by atoms with Gasteiger partial charge in [0.05, 0.1) is 12.1 Å². The van der Waals surface area contributed by atoms with E-state index in [1.54, 1.807) is 6.92 Å². The van der Waals surface area contributed by atoms with Crippen molar-refractivity contribution in [1.82, 2.24) is 20.4 Å². The molecule has 0 radical (unpaired) electrons. The Hall–Kier alpha value is -2.37. The summed E-state index contributed by atoms with van der Waals surface area (Å²) >= 11 is 0. The van der Waals surface area contributed by atoms with E-state index in [0.717, 1.165) is 13.0 Å². The molecule has 0 spiro atoms. The number of carbonyl (C=O) groups is 1. The molecule has 1 aromatic heterocycles. The Kier molecular flexibility index (Phi) is 3.75. The van der Waals surface area contributed by atoms with Crippen molar-refractivity contribution in [3.8, 4) is 0 Å². The minimum absolute atomic E-state index is 0.0422. The first-order chi connectivity index (χ1) is 11.7. The standard InChI is InChI=1S/C18H22N4O2/c1-13-20-16(21-24-13)11-19-17(23)22-12-15-9-5-6-10-18(15,22)14-7-3-2-4-8-14/h2-4,7-8,15H,5-6,9-12H2,1H3,(H,19,23)/t15-,18-/m0/s1. The van der Waals surface area contributed by atoms with Crippen molar-refractivity contribution in [1.29, 1.82) is 0 Å². The van der Waals surface area contributed by atoms with Crippen molar-refractivity contribution >= 4 is 6.03 Å². The third-order valence-corrected chi connectivity index (χ3v) is 5.41. The molecule has 24 heavy (non-hydrogen) atoms. The van der Waals surface area contributed by atoms with Gasteiger partial charge in [0.25, 0.3) is 0 Å². The van der Waals surface area contributed by atoms with Gasteiger partial charge in [-0.3, -0.25) is 0 Å². The SMILES string of the molecule is Cc1nc(CNC(=O)N2C[C@@H]3CCCC[C@]32c2ccccc2)no1. The van der Waals surface area contributed by atoms with E-state index in [1.165, 1.54) is 24.8 Å². The molecule has 6 heteroatoms. The van der Waals surface area contributed by atoms with E-state index < -0.39 is 0 Å². The second kappa shape index (κ2) is 5.92. The molecule has 1 N–H and O–H groups in total. The van der Waals surface area contributed by atoms with Gasteiger partial charge in [-0.1, -0.05) is 48.3 Å². The van der Waals surface area contributed by atoms with Crippen LogP contribution in [0.1, 0.15) is 43.0 Å². The van der Waals surface area contributed by atoms with Gasteiger partial charge in [0.15, 0.2) is 5.82 Å². The highest BCUT2D eigenvalue weighted by Crippen LogP contribution is 2.53. The third-order valence-electron chi connectivity index (χ3n) is 5.41. The van der Waals surface area contributed by atoms with Crippen molar-refractivity contribution in [2.24, 2.45) is 5.92 Å². The Morgan fingerprint density at radius 3 is 2.92 bits per heavy atom. The first-order valence-electron chi connectivity index (χ1n) is 8.60. The maximum atomic E-state index is 12.8. The highest BCUT2D eigenvalue weighted by atomic mass is 16.5. The lowest BCUT2D eigenvalue weighted by atomic mass is 9.62. The highest BCUT2D eigenvalue weighted by Gasteiger charge is 2.56. The van der Waals surface area contributed by atoms with Gasteiger partial charge in [-0.05, 0) is 18.4 Å². The van der Waals surface area contributed by atoms with Crippen LogP contribution in [0.25, 0.3) is 0 Å². The van der Waals surface area contributed by atoms with E-state index in [2.05, 4.69) is 39.7 Å². The molecular weight excluding hydrogens is 304 g/mol. The van der Waals surface area contributed by atoms with E-state index in [0.29, 0.717) is 24.2 Å². The van der Waals surface area contributed by atoms with E-state index in [-0.39, 0.29) is 11.6 Å². The van der Waals surface area contributed by atoms with E-state index in [9.17, 15) is 4.79 Å².